The van der Waals surface area contributed by atoms with Crippen molar-refractivity contribution in [2.24, 2.45) is 5.11 Å². The lowest BCUT2D eigenvalue weighted by Crippen LogP contribution is -2.58. The van der Waals surface area contributed by atoms with Crippen LogP contribution >= 0.6 is 0 Å². The zero-order valence-electron chi connectivity index (χ0n) is 35.4. The van der Waals surface area contributed by atoms with Crippen molar-refractivity contribution in [1.82, 2.24) is 3.97 Å². The molecule has 6 aromatic carbocycles. The third-order valence-corrected chi connectivity index (χ3v) is 13.0. The highest BCUT2D eigenvalue weighted by Gasteiger charge is 2.51. The minimum atomic E-state index is -4.46. The predicted molar refractivity (Wildman–Crippen MR) is 244 cm³/mol. The first-order chi connectivity index (χ1) is 31.8. The molecule has 332 valence electrons. The lowest BCUT2D eigenvalue weighted by atomic mass is 9.89. The fraction of sp³-hybridized carbons (Fsp3) is 0.235. The summed E-state index contributed by atoms with van der Waals surface area (Å²) in [6.45, 7) is 0.585. The summed E-state index contributed by atoms with van der Waals surface area (Å²) in [7, 11) is -4.46. The summed E-state index contributed by atoms with van der Waals surface area (Å²) in [5.41, 5.74) is 13.7. The number of ether oxygens (including phenoxy) is 5. The van der Waals surface area contributed by atoms with Crippen LogP contribution in [0.1, 0.15) is 39.6 Å². The highest BCUT2D eigenvalue weighted by molar-refractivity contribution is 7.90. The van der Waals surface area contributed by atoms with Crippen molar-refractivity contribution in [2.45, 2.75) is 74.3 Å². The van der Waals surface area contributed by atoms with Crippen molar-refractivity contribution < 1.29 is 42.0 Å². The summed E-state index contributed by atoms with van der Waals surface area (Å²) < 4.78 is 66.3. The van der Waals surface area contributed by atoms with E-state index in [1.165, 1.54) is 16.1 Å². The Hall–Kier alpha value is -6.61. The van der Waals surface area contributed by atoms with Gasteiger partial charge in [-0.05, 0) is 58.0 Å². The Labute approximate surface area is 377 Å². The van der Waals surface area contributed by atoms with Gasteiger partial charge in [0.05, 0.1) is 49.1 Å². The summed E-state index contributed by atoms with van der Waals surface area (Å²) in [4.78, 5) is 15.6. The van der Waals surface area contributed by atoms with Crippen molar-refractivity contribution in [3.05, 3.63) is 220 Å². The molecule has 0 aliphatic carbocycles. The van der Waals surface area contributed by atoms with E-state index in [0.29, 0.717) is 5.39 Å². The molecule has 0 radical (unpaired) electrons. The second-order valence-corrected chi connectivity index (χ2v) is 17.4. The number of aliphatic carboxylic acids is 1. The topological polar surface area (TPSA) is 171 Å². The zero-order valence-corrected chi connectivity index (χ0v) is 36.2. The number of carboxylic acids is 1. The van der Waals surface area contributed by atoms with Gasteiger partial charge < -0.3 is 28.8 Å². The van der Waals surface area contributed by atoms with Gasteiger partial charge in [0.1, 0.15) is 36.6 Å². The molecule has 1 aromatic heterocycles. The number of carbonyl (C=O) groups is 1. The van der Waals surface area contributed by atoms with E-state index in [4.69, 9.17) is 23.7 Å². The van der Waals surface area contributed by atoms with Crippen LogP contribution in [0.2, 0.25) is 0 Å². The number of para-hydroxylation sites is 1. The minimum absolute atomic E-state index is 0.0142. The molecule has 13 nitrogen and oxygen atoms in total. The van der Waals surface area contributed by atoms with Crippen molar-refractivity contribution in [3.63, 3.8) is 0 Å². The lowest BCUT2D eigenvalue weighted by molar-refractivity contribution is -0.276. The summed E-state index contributed by atoms with van der Waals surface area (Å²) in [5.74, 6) is -1.39. The molecule has 6 atom stereocenters. The Bertz CT molecular complexity index is 2790. The molecule has 1 N–H and O–H groups in total. The summed E-state index contributed by atoms with van der Waals surface area (Å²) in [6, 6.07) is 51.7. The maximum Gasteiger partial charge on any atom is 0.312 e. The Balaban J connectivity index is 1.35. The number of fused-ring (bicyclic) bond motifs is 1. The van der Waals surface area contributed by atoms with Gasteiger partial charge in [-0.25, -0.2) is 12.4 Å². The number of hydrogen-bond donors (Lipinski definition) is 1. The monoisotopic (exact) mass is 892 g/mol. The van der Waals surface area contributed by atoms with E-state index in [0.717, 1.165) is 22.3 Å². The number of nitrogens with zero attached hydrogens (tertiary/aromatic N) is 4. The summed E-state index contributed by atoms with van der Waals surface area (Å²) in [6.07, 6.45) is -5.46. The van der Waals surface area contributed by atoms with E-state index in [9.17, 15) is 15.4 Å². The molecule has 1 aliphatic heterocycles. The first-order valence-electron chi connectivity index (χ1n) is 21.3. The molecule has 0 saturated carbocycles. The van der Waals surface area contributed by atoms with Crippen LogP contribution < -0.4 is 0 Å². The summed E-state index contributed by atoms with van der Waals surface area (Å²) in [5, 5.41) is 14.5. The van der Waals surface area contributed by atoms with Crippen LogP contribution in [-0.2, 0) is 71.4 Å². The quantitative estimate of drug-likeness (QED) is 0.0445. The number of hydrogen-bond acceptors (Lipinski definition) is 9. The first-order valence-corrected chi connectivity index (χ1v) is 22.7. The Morgan fingerprint density at radius 3 is 1.63 bits per heavy atom. The van der Waals surface area contributed by atoms with Gasteiger partial charge in [-0.1, -0.05) is 163 Å². The van der Waals surface area contributed by atoms with Gasteiger partial charge in [0.25, 0.3) is 10.0 Å². The van der Waals surface area contributed by atoms with E-state index in [-0.39, 0.29) is 61.1 Å². The molecule has 1 aliphatic rings. The third-order valence-electron chi connectivity index (χ3n) is 11.3. The van der Waals surface area contributed by atoms with Crippen molar-refractivity contribution >= 4 is 26.9 Å². The molecule has 8 rings (SSSR count). The number of benzene rings is 6. The molecular weight excluding hydrogens is 845 g/mol. The normalized spacial score (nSPS) is 19.0. The van der Waals surface area contributed by atoms with Crippen LogP contribution in [0, 0.1) is 0 Å². The van der Waals surface area contributed by atoms with Crippen LogP contribution in [0.15, 0.2) is 186 Å². The standard InChI is InChI=1S/C51H48N4O9S/c52-54-53-43(51(56)57)30-42-41-28-16-17-29-44(41)55(65(58,59)40-26-14-5-15-27-40)46(42)48-50(63-34-39-24-12-4-13-25-39)49(62-33-38-22-10-3-11-23-38)47(61-32-37-20-8-2-9-21-37)45(64-48)35-60-31-36-18-6-1-7-19-36/h1-29,43,45,47-50H,30-35H2,(H,56,57)/t43-,45-,47-,48-,49+,50-/m0/s1. The highest BCUT2D eigenvalue weighted by Crippen LogP contribution is 2.44. The van der Waals surface area contributed by atoms with E-state index < -0.39 is 52.6 Å². The average Bonchev–Trinajstić information content (AvgIpc) is 3.68. The van der Waals surface area contributed by atoms with Crippen LogP contribution in [0.3, 0.4) is 0 Å². The molecule has 0 amide bonds. The van der Waals surface area contributed by atoms with Crippen LogP contribution in [-0.4, -0.2) is 60.5 Å². The van der Waals surface area contributed by atoms with Gasteiger partial charge in [0.15, 0.2) is 0 Å². The molecule has 2 heterocycles. The second kappa shape index (κ2) is 21.4. The van der Waals surface area contributed by atoms with Gasteiger partial charge >= 0.3 is 5.97 Å². The van der Waals surface area contributed by atoms with Crippen molar-refractivity contribution in [2.75, 3.05) is 6.61 Å². The Morgan fingerprint density at radius 2 is 1.11 bits per heavy atom. The Morgan fingerprint density at radius 1 is 0.646 bits per heavy atom. The second-order valence-electron chi connectivity index (χ2n) is 15.6. The number of rotatable bonds is 20. The van der Waals surface area contributed by atoms with E-state index >= 15 is 8.42 Å². The average molecular weight is 893 g/mol. The zero-order chi connectivity index (χ0) is 45.0. The van der Waals surface area contributed by atoms with Gasteiger partial charge in [-0.2, -0.15) is 0 Å². The smallest absolute Gasteiger partial charge is 0.312 e. The van der Waals surface area contributed by atoms with E-state index in [2.05, 4.69) is 10.0 Å². The van der Waals surface area contributed by atoms with Crippen LogP contribution in [0.25, 0.3) is 21.3 Å². The Kier molecular flexibility index (Phi) is 14.8. The van der Waals surface area contributed by atoms with Gasteiger partial charge in [-0.3, -0.25) is 4.79 Å². The molecule has 0 bridgehead atoms. The fourth-order valence-corrected chi connectivity index (χ4v) is 9.80. The SMILES string of the molecule is [N-]=[N+]=N[C@@H](Cc1c([C@@H]2O[C@@H](COCc3ccccc3)[C@H](OCc3ccccc3)[C@@H](OCc3ccccc3)[C@H]2OCc2ccccc2)n(S(=O)(=O)c2ccccc2)c2ccccc12)C(=O)O. The molecule has 0 spiro atoms. The molecule has 1 fully saturated rings. The molecule has 0 unspecified atom stereocenters. The molecule has 65 heavy (non-hydrogen) atoms. The fourth-order valence-electron chi connectivity index (χ4n) is 8.20. The molecular formula is C51H48N4O9S. The minimum Gasteiger partial charge on any atom is -0.481 e. The maximum atomic E-state index is 15.3. The molecule has 7 aromatic rings. The van der Waals surface area contributed by atoms with E-state index in [1.54, 1.807) is 42.5 Å². The number of aromatic nitrogens is 1. The maximum absolute atomic E-state index is 15.3. The largest absolute Gasteiger partial charge is 0.481 e. The van der Waals surface area contributed by atoms with Crippen molar-refractivity contribution in [3.8, 4) is 0 Å². The lowest BCUT2D eigenvalue weighted by Gasteiger charge is -2.46. The summed E-state index contributed by atoms with van der Waals surface area (Å²) >= 11 is 0. The predicted octanol–water partition coefficient (Wildman–Crippen LogP) is 9.60. The highest BCUT2D eigenvalue weighted by atomic mass is 32.2. The van der Waals surface area contributed by atoms with Gasteiger partial charge in [0, 0.05) is 10.3 Å². The van der Waals surface area contributed by atoms with E-state index in [1.807, 2.05) is 121 Å². The molecule has 14 heteroatoms. The first kappa shape index (κ1) is 45.0. The molecule has 1 saturated heterocycles. The van der Waals surface area contributed by atoms with Crippen LogP contribution in [0.4, 0.5) is 0 Å². The number of azide groups is 1. The number of carboxylic acid groups (broad SMARTS) is 1. The van der Waals surface area contributed by atoms with Crippen LogP contribution in [0.5, 0.6) is 0 Å². The van der Waals surface area contributed by atoms with Gasteiger partial charge in [-0.15, -0.1) is 0 Å². The third kappa shape index (κ3) is 10.7. The van der Waals surface area contributed by atoms with Gasteiger partial charge in [0.2, 0.25) is 0 Å². The van der Waals surface area contributed by atoms with Crippen molar-refractivity contribution in [1.29, 1.82) is 0 Å².